The zero-order valence-electron chi connectivity index (χ0n) is 9.61. The van der Waals surface area contributed by atoms with Crippen molar-refractivity contribution in [1.82, 2.24) is 9.55 Å². The van der Waals surface area contributed by atoms with E-state index in [1.54, 1.807) is 36.5 Å². The summed E-state index contributed by atoms with van der Waals surface area (Å²) in [5.74, 6) is -0.284. The second-order valence-corrected chi connectivity index (χ2v) is 4.90. The van der Waals surface area contributed by atoms with Crippen molar-refractivity contribution in [3.05, 3.63) is 57.3 Å². The van der Waals surface area contributed by atoms with Crippen LogP contribution in [0.5, 0.6) is 0 Å². The topological polar surface area (TPSA) is 54.9 Å². The molecule has 0 atom stereocenters. The third-order valence-electron chi connectivity index (χ3n) is 3.40. The minimum Gasteiger partial charge on any atom is -0.352 e. The van der Waals surface area contributed by atoms with Crippen LogP contribution in [0, 0.1) is 0 Å². The highest BCUT2D eigenvalue weighted by Crippen LogP contribution is 2.30. The molecular formula is C14H7ClN2O2. The number of fused-ring (bicyclic) bond motifs is 4. The summed E-state index contributed by atoms with van der Waals surface area (Å²) in [4.78, 5) is 27.7. The van der Waals surface area contributed by atoms with Crippen molar-refractivity contribution in [3.8, 4) is 11.4 Å². The normalized spacial score (nSPS) is 12.8. The number of H-pyrrole nitrogens is 1. The lowest BCUT2D eigenvalue weighted by Crippen LogP contribution is -2.17. The standard InChI is InChI=1S/C14H7ClN2O2/c15-7-3-4-8-9(6-7)16-12-10-2-1-5-17(10)14(19)11(12)13(8)18/h1-6H,(H,16,18). The van der Waals surface area contributed by atoms with Gasteiger partial charge in [-0.2, -0.15) is 0 Å². The Hall–Kier alpha value is -2.33. The molecule has 0 bridgehead atoms. The van der Waals surface area contributed by atoms with Gasteiger partial charge in [0.25, 0.3) is 5.91 Å². The lowest BCUT2D eigenvalue weighted by atomic mass is 10.1. The summed E-state index contributed by atoms with van der Waals surface area (Å²) in [6.07, 6.45) is 1.66. The minimum atomic E-state index is -0.284. The van der Waals surface area contributed by atoms with E-state index in [0.29, 0.717) is 27.3 Å². The number of nitrogens with zero attached hydrogens (tertiary/aromatic N) is 1. The monoisotopic (exact) mass is 270 g/mol. The third kappa shape index (κ3) is 1.24. The summed E-state index contributed by atoms with van der Waals surface area (Å²) in [5.41, 5.74) is 1.85. The molecule has 1 aliphatic rings. The number of nitrogens with one attached hydrogen (secondary N) is 1. The van der Waals surface area contributed by atoms with Crippen molar-refractivity contribution in [2.75, 3.05) is 0 Å². The molecule has 0 radical (unpaired) electrons. The molecule has 1 N–H and O–H groups in total. The second-order valence-electron chi connectivity index (χ2n) is 4.46. The first-order valence-corrected chi connectivity index (χ1v) is 6.12. The summed E-state index contributed by atoms with van der Waals surface area (Å²) in [5, 5.41) is 1.02. The Bertz CT molecular complexity index is 921. The molecule has 3 aromatic rings. The molecule has 0 amide bonds. The van der Waals surface area contributed by atoms with Gasteiger partial charge < -0.3 is 4.98 Å². The third-order valence-corrected chi connectivity index (χ3v) is 3.64. The van der Waals surface area contributed by atoms with E-state index in [1.165, 1.54) is 4.57 Å². The van der Waals surface area contributed by atoms with Crippen LogP contribution in [-0.4, -0.2) is 15.5 Å². The molecule has 0 aliphatic carbocycles. The fourth-order valence-electron chi connectivity index (χ4n) is 2.54. The summed E-state index contributed by atoms with van der Waals surface area (Å²) < 4.78 is 1.48. The maximum absolute atomic E-state index is 12.4. The van der Waals surface area contributed by atoms with Gasteiger partial charge in [-0.1, -0.05) is 11.6 Å². The van der Waals surface area contributed by atoms with E-state index >= 15 is 0 Å². The fraction of sp³-hybridized carbons (Fsp3) is 0. The number of carbonyl (C=O) groups is 1. The maximum atomic E-state index is 12.4. The van der Waals surface area contributed by atoms with Crippen molar-refractivity contribution >= 4 is 28.4 Å². The van der Waals surface area contributed by atoms with Crippen molar-refractivity contribution in [2.45, 2.75) is 0 Å². The number of aromatic amines is 1. The SMILES string of the molecule is O=C1c2c([nH]c3cc(Cl)ccc3c2=O)-c2cccn21. The van der Waals surface area contributed by atoms with E-state index in [9.17, 15) is 9.59 Å². The number of aromatic nitrogens is 2. The van der Waals surface area contributed by atoms with Crippen molar-refractivity contribution < 1.29 is 4.79 Å². The van der Waals surface area contributed by atoms with Crippen LogP contribution in [0.15, 0.2) is 41.3 Å². The number of pyridine rings is 1. The zero-order valence-corrected chi connectivity index (χ0v) is 10.4. The number of benzene rings is 1. The van der Waals surface area contributed by atoms with Gasteiger partial charge in [-0.15, -0.1) is 0 Å². The van der Waals surface area contributed by atoms with Gasteiger partial charge in [-0.05, 0) is 30.3 Å². The molecule has 1 aliphatic heterocycles. The number of rotatable bonds is 0. The zero-order chi connectivity index (χ0) is 13.1. The van der Waals surface area contributed by atoms with Gasteiger partial charge in [0.05, 0.1) is 16.9 Å². The summed E-state index contributed by atoms with van der Waals surface area (Å²) >= 11 is 5.94. The van der Waals surface area contributed by atoms with Gasteiger partial charge in [0.1, 0.15) is 5.56 Å². The Balaban J connectivity index is 2.22. The molecule has 5 heteroatoms. The largest absolute Gasteiger partial charge is 0.352 e. The lowest BCUT2D eigenvalue weighted by molar-refractivity contribution is 0.0968. The van der Waals surface area contributed by atoms with Crippen molar-refractivity contribution in [2.24, 2.45) is 0 Å². The molecule has 1 aromatic carbocycles. The smallest absolute Gasteiger partial charge is 0.268 e. The maximum Gasteiger partial charge on any atom is 0.268 e. The average molecular weight is 271 g/mol. The first kappa shape index (κ1) is 10.6. The van der Waals surface area contributed by atoms with E-state index in [4.69, 9.17) is 11.6 Å². The molecule has 19 heavy (non-hydrogen) atoms. The van der Waals surface area contributed by atoms with E-state index in [-0.39, 0.29) is 16.9 Å². The molecular weight excluding hydrogens is 264 g/mol. The van der Waals surface area contributed by atoms with Crippen LogP contribution >= 0.6 is 11.6 Å². The van der Waals surface area contributed by atoms with Crippen LogP contribution in [0.25, 0.3) is 22.3 Å². The summed E-state index contributed by atoms with van der Waals surface area (Å²) in [6.45, 7) is 0. The summed E-state index contributed by atoms with van der Waals surface area (Å²) in [6, 6.07) is 8.55. The lowest BCUT2D eigenvalue weighted by Gasteiger charge is -2.02. The van der Waals surface area contributed by atoms with Crippen molar-refractivity contribution in [1.29, 1.82) is 0 Å². The van der Waals surface area contributed by atoms with E-state index in [0.717, 1.165) is 0 Å². The molecule has 92 valence electrons. The Kier molecular flexibility index (Phi) is 1.87. The second kappa shape index (κ2) is 3.36. The van der Waals surface area contributed by atoms with Gasteiger partial charge in [0.2, 0.25) is 5.43 Å². The Labute approximate surface area is 112 Å². The van der Waals surface area contributed by atoms with Gasteiger partial charge >= 0.3 is 0 Å². The highest BCUT2D eigenvalue weighted by atomic mass is 35.5. The molecule has 0 unspecified atom stereocenters. The van der Waals surface area contributed by atoms with Crippen LogP contribution in [0.2, 0.25) is 5.02 Å². The molecule has 2 aromatic heterocycles. The van der Waals surface area contributed by atoms with Gasteiger partial charge in [0.15, 0.2) is 0 Å². The van der Waals surface area contributed by atoms with Crippen LogP contribution in [-0.2, 0) is 0 Å². The quantitative estimate of drug-likeness (QED) is 0.534. The van der Waals surface area contributed by atoms with E-state index in [2.05, 4.69) is 4.98 Å². The van der Waals surface area contributed by atoms with Crippen LogP contribution < -0.4 is 5.43 Å². The van der Waals surface area contributed by atoms with Gasteiger partial charge in [0, 0.05) is 16.6 Å². The number of hydrogen-bond acceptors (Lipinski definition) is 2. The molecule has 3 heterocycles. The average Bonchev–Trinajstić information content (AvgIpc) is 2.94. The van der Waals surface area contributed by atoms with Crippen LogP contribution in [0.1, 0.15) is 10.4 Å². The highest BCUT2D eigenvalue weighted by Gasteiger charge is 2.30. The first-order chi connectivity index (χ1) is 9.16. The molecule has 0 saturated carbocycles. The Morgan fingerprint density at radius 1 is 1.16 bits per heavy atom. The molecule has 0 saturated heterocycles. The van der Waals surface area contributed by atoms with E-state index < -0.39 is 0 Å². The Morgan fingerprint density at radius 3 is 2.84 bits per heavy atom. The molecule has 0 fully saturated rings. The minimum absolute atomic E-state index is 0.199. The number of halogens is 1. The van der Waals surface area contributed by atoms with Crippen molar-refractivity contribution in [3.63, 3.8) is 0 Å². The predicted octanol–water partition coefficient (Wildman–Crippen LogP) is 2.65. The first-order valence-electron chi connectivity index (χ1n) is 5.75. The van der Waals surface area contributed by atoms with Crippen LogP contribution in [0.3, 0.4) is 0 Å². The fourth-order valence-corrected chi connectivity index (χ4v) is 2.71. The van der Waals surface area contributed by atoms with Gasteiger partial charge in [-0.3, -0.25) is 14.2 Å². The predicted molar refractivity (Wildman–Crippen MR) is 72.7 cm³/mol. The summed E-state index contributed by atoms with van der Waals surface area (Å²) in [7, 11) is 0. The number of hydrogen-bond donors (Lipinski definition) is 1. The highest BCUT2D eigenvalue weighted by molar-refractivity contribution is 6.31. The van der Waals surface area contributed by atoms with Gasteiger partial charge in [-0.25, -0.2) is 0 Å². The molecule has 4 rings (SSSR count). The van der Waals surface area contributed by atoms with Crippen LogP contribution in [0.4, 0.5) is 0 Å². The van der Waals surface area contributed by atoms with E-state index in [1.807, 2.05) is 0 Å². The molecule has 0 spiro atoms. The Morgan fingerprint density at radius 2 is 2.00 bits per heavy atom. The molecule has 4 nitrogen and oxygen atoms in total. The number of carbonyl (C=O) groups excluding carboxylic acids is 1.